The summed E-state index contributed by atoms with van der Waals surface area (Å²) in [7, 11) is 0. The van der Waals surface area contributed by atoms with Crippen molar-refractivity contribution in [2.45, 2.75) is 18.8 Å². The molecule has 0 saturated carbocycles. The Kier molecular flexibility index (Phi) is 2.23. The lowest BCUT2D eigenvalue weighted by Gasteiger charge is -2.40. The van der Waals surface area contributed by atoms with Crippen LogP contribution in [0.3, 0.4) is 0 Å². The number of ketones is 1. The summed E-state index contributed by atoms with van der Waals surface area (Å²) < 4.78 is 0. The van der Waals surface area contributed by atoms with Gasteiger partial charge in [0.2, 0.25) is 0 Å². The Balaban J connectivity index is 1.94. The quantitative estimate of drug-likeness (QED) is 0.807. The number of nitrogens with zero attached hydrogens (tertiary/aromatic N) is 1. The van der Waals surface area contributed by atoms with Crippen LogP contribution in [0, 0.1) is 0 Å². The summed E-state index contributed by atoms with van der Waals surface area (Å²) >= 11 is 0. The van der Waals surface area contributed by atoms with Gasteiger partial charge in [0.1, 0.15) is 5.82 Å². The Bertz CT molecular complexity index is 665. The van der Waals surface area contributed by atoms with Gasteiger partial charge in [-0.15, -0.1) is 0 Å². The molecule has 4 heterocycles. The summed E-state index contributed by atoms with van der Waals surface area (Å²) in [5.74, 6) is 1.94. The fourth-order valence-corrected chi connectivity index (χ4v) is 3.54. The van der Waals surface area contributed by atoms with Crippen molar-refractivity contribution < 1.29 is 4.79 Å². The number of benzene rings is 1. The SMILES string of the molecule is NCC(=O)c1ccc2[nH]c3c(c2c1)C1CCN3CC1. The van der Waals surface area contributed by atoms with Gasteiger partial charge in [-0.1, -0.05) is 0 Å². The van der Waals surface area contributed by atoms with Crippen LogP contribution < -0.4 is 10.6 Å². The first-order valence-corrected chi connectivity index (χ1v) is 6.92. The zero-order valence-electron chi connectivity index (χ0n) is 10.8. The van der Waals surface area contributed by atoms with E-state index in [1.54, 1.807) is 0 Å². The molecule has 3 aliphatic heterocycles. The summed E-state index contributed by atoms with van der Waals surface area (Å²) in [4.78, 5) is 17.7. The number of carbonyl (C=O) groups excluding carboxylic acids is 1. The van der Waals surface area contributed by atoms with E-state index in [2.05, 4.69) is 9.88 Å². The van der Waals surface area contributed by atoms with Crippen molar-refractivity contribution in [3.63, 3.8) is 0 Å². The molecule has 1 saturated heterocycles. The molecule has 0 radical (unpaired) electrons. The van der Waals surface area contributed by atoms with Gasteiger partial charge < -0.3 is 15.6 Å². The number of fused-ring (bicyclic) bond motifs is 3. The minimum Gasteiger partial charge on any atom is -0.358 e. The average Bonchev–Trinajstić information content (AvgIpc) is 2.88. The van der Waals surface area contributed by atoms with Crippen LogP contribution in [0.5, 0.6) is 0 Å². The lowest BCUT2D eigenvalue weighted by molar-refractivity contribution is 0.100. The first kappa shape index (κ1) is 11.1. The van der Waals surface area contributed by atoms with Crippen molar-refractivity contribution >= 4 is 22.5 Å². The minimum absolute atomic E-state index is 0.0122. The third kappa shape index (κ3) is 1.46. The Morgan fingerprint density at radius 3 is 2.89 bits per heavy atom. The molecular formula is C15H17N3O. The number of hydrogen-bond donors (Lipinski definition) is 2. The predicted octanol–water partition coefficient (Wildman–Crippen LogP) is 2.01. The van der Waals surface area contributed by atoms with Gasteiger partial charge in [0, 0.05) is 35.1 Å². The van der Waals surface area contributed by atoms with E-state index < -0.39 is 0 Å². The van der Waals surface area contributed by atoms with Crippen LogP contribution in [-0.4, -0.2) is 30.4 Å². The van der Waals surface area contributed by atoms with E-state index in [0.29, 0.717) is 5.92 Å². The molecule has 2 aromatic rings. The van der Waals surface area contributed by atoms with E-state index in [4.69, 9.17) is 5.73 Å². The van der Waals surface area contributed by atoms with Gasteiger partial charge in [0.05, 0.1) is 6.54 Å². The largest absolute Gasteiger partial charge is 0.358 e. The number of aromatic amines is 1. The van der Waals surface area contributed by atoms with Crippen molar-refractivity contribution in [3.8, 4) is 0 Å². The van der Waals surface area contributed by atoms with Gasteiger partial charge in [0.25, 0.3) is 0 Å². The van der Waals surface area contributed by atoms with Crippen LogP contribution in [0.25, 0.3) is 10.9 Å². The molecule has 4 nitrogen and oxygen atoms in total. The summed E-state index contributed by atoms with van der Waals surface area (Å²) in [5.41, 5.74) is 8.74. The van der Waals surface area contributed by atoms with Gasteiger partial charge in [-0.25, -0.2) is 0 Å². The van der Waals surface area contributed by atoms with E-state index in [9.17, 15) is 4.79 Å². The van der Waals surface area contributed by atoms with Crippen LogP contribution in [0.2, 0.25) is 0 Å². The lowest BCUT2D eigenvalue weighted by Crippen LogP contribution is -2.38. The molecule has 0 aliphatic carbocycles. The molecule has 1 aromatic carbocycles. The number of nitrogens with two attached hydrogens (primary N) is 1. The van der Waals surface area contributed by atoms with Gasteiger partial charge >= 0.3 is 0 Å². The average molecular weight is 255 g/mol. The van der Waals surface area contributed by atoms with E-state index in [1.807, 2.05) is 18.2 Å². The highest BCUT2D eigenvalue weighted by molar-refractivity contribution is 6.02. The second-order valence-corrected chi connectivity index (χ2v) is 5.54. The van der Waals surface area contributed by atoms with E-state index in [0.717, 1.165) is 24.2 Å². The van der Waals surface area contributed by atoms with Crippen molar-refractivity contribution in [1.29, 1.82) is 0 Å². The molecular weight excluding hydrogens is 238 g/mol. The number of anilines is 1. The van der Waals surface area contributed by atoms with Crippen LogP contribution in [0.1, 0.15) is 34.7 Å². The molecule has 98 valence electrons. The Morgan fingerprint density at radius 2 is 2.16 bits per heavy atom. The van der Waals surface area contributed by atoms with Crippen molar-refractivity contribution in [1.82, 2.24) is 4.98 Å². The summed E-state index contributed by atoms with van der Waals surface area (Å²) in [6, 6.07) is 5.90. The minimum atomic E-state index is 0.0122. The zero-order valence-corrected chi connectivity index (χ0v) is 10.8. The topological polar surface area (TPSA) is 62.1 Å². The maximum Gasteiger partial charge on any atom is 0.176 e. The number of aromatic nitrogens is 1. The van der Waals surface area contributed by atoms with Crippen LogP contribution in [0.15, 0.2) is 18.2 Å². The van der Waals surface area contributed by atoms with Crippen molar-refractivity contribution in [2.75, 3.05) is 24.5 Å². The number of carbonyl (C=O) groups is 1. The molecule has 0 spiro atoms. The third-order valence-electron chi connectivity index (χ3n) is 4.54. The number of hydrogen-bond acceptors (Lipinski definition) is 3. The molecule has 1 fully saturated rings. The molecule has 5 rings (SSSR count). The highest BCUT2D eigenvalue weighted by atomic mass is 16.1. The Morgan fingerprint density at radius 1 is 1.37 bits per heavy atom. The van der Waals surface area contributed by atoms with Crippen molar-refractivity contribution in [3.05, 3.63) is 29.3 Å². The predicted molar refractivity (Wildman–Crippen MR) is 75.9 cm³/mol. The van der Waals surface area contributed by atoms with Crippen molar-refractivity contribution in [2.24, 2.45) is 5.73 Å². The number of rotatable bonds is 2. The summed E-state index contributed by atoms with van der Waals surface area (Å²) in [5, 5.41) is 1.21. The molecule has 4 heteroatoms. The normalized spacial score (nSPS) is 18.1. The summed E-state index contributed by atoms with van der Waals surface area (Å²) in [6.45, 7) is 2.38. The number of Topliss-reactive ketones (excluding diaryl/α,β-unsaturated/α-hetero) is 1. The molecule has 3 N–H and O–H groups in total. The standard InChI is InChI=1S/C15H17N3O/c16-8-13(19)10-1-2-12-11(7-10)14-9-3-5-18(6-4-9)15(14)17-12/h1-2,7,9,17H,3-6,8,16H2. The van der Waals surface area contributed by atoms with Gasteiger partial charge in [-0.2, -0.15) is 0 Å². The maximum absolute atomic E-state index is 11.8. The first-order valence-electron chi connectivity index (χ1n) is 6.92. The second-order valence-electron chi connectivity index (χ2n) is 5.54. The number of piperidine rings is 1. The fraction of sp³-hybridized carbons (Fsp3) is 0.400. The summed E-state index contributed by atoms with van der Waals surface area (Å²) in [6.07, 6.45) is 2.46. The lowest BCUT2D eigenvalue weighted by atomic mass is 9.84. The van der Waals surface area contributed by atoms with Gasteiger partial charge in [0.15, 0.2) is 5.78 Å². The van der Waals surface area contributed by atoms with Crippen LogP contribution in [0.4, 0.5) is 5.82 Å². The molecule has 0 atom stereocenters. The molecule has 3 aliphatic rings. The van der Waals surface area contributed by atoms with Gasteiger partial charge in [-0.05, 0) is 37.0 Å². The fourth-order valence-electron chi connectivity index (χ4n) is 3.54. The number of nitrogens with one attached hydrogen (secondary N) is 1. The molecule has 19 heavy (non-hydrogen) atoms. The van der Waals surface area contributed by atoms with Crippen LogP contribution >= 0.6 is 0 Å². The monoisotopic (exact) mass is 255 g/mol. The molecule has 2 bridgehead atoms. The molecule has 1 aromatic heterocycles. The smallest absolute Gasteiger partial charge is 0.176 e. The Labute approximate surface area is 111 Å². The third-order valence-corrected chi connectivity index (χ3v) is 4.54. The highest BCUT2D eigenvalue weighted by Gasteiger charge is 2.33. The Hall–Kier alpha value is -1.81. The second kappa shape index (κ2) is 3.84. The first-order chi connectivity index (χ1) is 9.28. The van der Waals surface area contributed by atoms with E-state index in [-0.39, 0.29) is 12.3 Å². The molecule has 0 unspecified atom stereocenters. The number of H-pyrrole nitrogens is 1. The molecule has 0 amide bonds. The highest BCUT2D eigenvalue weighted by Crippen LogP contribution is 2.45. The van der Waals surface area contributed by atoms with E-state index >= 15 is 0 Å². The van der Waals surface area contributed by atoms with Crippen LogP contribution in [-0.2, 0) is 0 Å². The van der Waals surface area contributed by atoms with E-state index in [1.165, 1.54) is 29.6 Å². The zero-order chi connectivity index (χ0) is 13.0. The maximum atomic E-state index is 11.8. The van der Waals surface area contributed by atoms with Gasteiger partial charge in [-0.3, -0.25) is 4.79 Å².